The van der Waals surface area contributed by atoms with Crippen LogP contribution in [0.15, 0.2) is 23.3 Å². The molecule has 1 rings (SSSR count). The zero-order valence-corrected chi connectivity index (χ0v) is 12.8. The number of allylic oxidation sites excluding steroid dienone is 2. The summed E-state index contributed by atoms with van der Waals surface area (Å²) >= 11 is 0. The minimum atomic E-state index is -1.10. The largest absolute Gasteiger partial charge is 0.478 e. The van der Waals surface area contributed by atoms with Crippen molar-refractivity contribution in [2.75, 3.05) is 13.2 Å². The molecule has 2 unspecified atom stereocenters. The van der Waals surface area contributed by atoms with Crippen molar-refractivity contribution in [1.82, 2.24) is 0 Å². The van der Waals surface area contributed by atoms with Crippen molar-refractivity contribution >= 4 is 11.9 Å². The van der Waals surface area contributed by atoms with Gasteiger partial charge in [0.1, 0.15) is 6.61 Å². The van der Waals surface area contributed by atoms with E-state index >= 15 is 0 Å². The number of carboxylic acids is 1. The summed E-state index contributed by atoms with van der Waals surface area (Å²) in [6.07, 6.45) is 5.38. The summed E-state index contributed by atoms with van der Waals surface area (Å²) in [5.74, 6) is -0.739. The lowest BCUT2D eigenvalue weighted by Crippen LogP contribution is -2.24. The first kappa shape index (κ1) is 17.4. The first-order valence-electron chi connectivity index (χ1n) is 7.23. The molecule has 118 valence electrons. The van der Waals surface area contributed by atoms with Crippen LogP contribution in [0.3, 0.4) is 0 Å². The zero-order valence-electron chi connectivity index (χ0n) is 12.8. The summed E-state index contributed by atoms with van der Waals surface area (Å²) in [5.41, 5.74) is 1.02. The molecular formula is C16H24O5. The van der Waals surface area contributed by atoms with Crippen LogP contribution in [0.4, 0.5) is 0 Å². The normalized spacial score (nSPS) is 22.9. The molecule has 0 fully saturated rings. The third kappa shape index (κ3) is 5.34. The van der Waals surface area contributed by atoms with Gasteiger partial charge in [0.2, 0.25) is 0 Å². The average molecular weight is 296 g/mol. The van der Waals surface area contributed by atoms with Gasteiger partial charge in [0.25, 0.3) is 0 Å². The molecule has 1 aliphatic rings. The van der Waals surface area contributed by atoms with E-state index in [2.05, 4.69) is 13.8 Å². The molecule has 0 amide bonds. The van der Waals surface area contributed by atoms with Gasteiger partial charge in [0.05, 0.1) is 12.2 Å². The van der Waals surface area contributed by atoms with Gasteiger partial charge in [-0.3, -0.25) is 4.79 Å². The van der Waals surface area contributed by atoms with E-state index in [9.17, 15) is 9.59 Å². The van der Waals surface area contributed by atoms with Crippen LogP contribution in [0.1, 0.15) is 33.6 Å². The molecule has 1 aliphatic carbocycles. The van der Waals surface area contributed by atoms with Gasteiger partial charge < -0.3 is 14.9 Å². The average Bonchev–Trinajstić information content (AvgIpc) is 2.41. The molecule has 0 saturated carbocycles. The monoisotopic (exact) mass is 296 g/mol. The second kappa shape index (κ2) is 7.98. The van der Waals surface area contributed by atoms with E-state index in [0.29, 0.717) is 11.8 Å². The number of carbonyl (C=O) groups is 2. The maximum absolute atomic E-state index is 11.1. The van der Waals surface area contributed by atoms with E-state index < -0.39 is 12.6 Å². The summed E-state index contributed by atoms with van der Waals surface area (Å²) < 4.78 is 5.01. The second-order valence-electron chi connectivity index (χ2n) is 5.78. The first-order chi connectivity index (χ1) is 9.85. The fraction of sp³-hybridized carbons (Fsp3) is 0.625. The maximum atomic E-state index is 11.1. The Hall–Kier alpha value is -1.62. The molecule has 0 heterocycles. The van der Waals surface area contributed by atoms with Gasteiger partial charge >= 0.3 is 11.9 Å². The van der Waals surface area contributed by atoms with Crippen LogP contribution in [0.2, 0.25) is 0 Å². The van der Waals surface area contributed by atoms with Crippen molar-refractivity contribution in [2.45, 2.75) is 33.6 Å². The number of carbonyl (C=O) groups excluding carboxylic acids is 1. The minimum absolute atomic E-state index is 0.00985. The van der Waals surface area contributed by atoms with E-state index in [0.717, 1.165) is 18.4 Å². The summed E-state index contributed by atoms with van der Waals surface area (Å²) in [6, 6.07) is 0. The van der Waals surface area contributed by atoms with E-state index in [1.165, 1.54) is 6.92 Å². The second-order valence-corrected chi connectivity index (χ2v) is 5.78. The Kier molecular flexibility index (Phi) is 6.62. The molecule has 0 spiro atoms. The predicted molar refractivity (Wildman–Crippen MR) is 78.6 cm³/mol. The SMILES string of the molecule is CC(=O)OCC1=CC(C=C(CO)C(=O)O)C(C(C)C)CC1. The lowest BCUT2D eigenvalue weighted by Gasteiger charge is -2.31. The number of ether oxygens (including phenoxy) is 1. The van der Waals surface area contributed by atoms with Crippen LogP contribution >= 0.6 is 0 Å². The number of carboxylic acid groups (broad SMARTS) is 1. The highest BCUT2D eigenvalue weighted by atomic mass is 16.5. The number of aliphatic hydroxyl groups excluding tert-OH is 1. The molecule has 0 aromatic heterocycles. The standard InChI is InChI=1S/C16H24O5/c1-10(2)15-5-4-12(9-21-11(3)18)6-13(15)7-14(8-17)16(19)20/h6-7,10,13,15,17H,4-5,8-9H2,1-3H3,(H,19,20). The number of esters is 1. The Morgan fingerprint density at radius 2 is 2.14 bits per heavy atom. The lowest BCUT2D eigenvalue weighted by atomic mass is 9.74. The van der Waals surface area contributed by atoms with Crippen molar-refractivity contribution in [3.8, 4) is 0 Å². The Bertz CT molecular complexity index is 448. The highest BCUT2D eigenvalue weighted by Crippen LogP contribution is 2.35. The molecule has 2 N–H and O–H groups in total. The molecule has 0 aromatic rings. The van der Waals surface area contributed by atoms with Crippen molar-refractivity contribution in [2.24, 2.45) is 17.8 Å². The van der Waals surface area contributed by atoms with Gasteiger partial charge in [-0.1, -0.05) is 26.0 Å². The molecular weight excluding hydrogens is 272 g/mol. The van der Waals surface area contributed by atoms with E-state index in [-0.39, 0.29) is 24.1 Å². The van der Waals surface area contributed by atoms with Gasteiger partial charge in [-0.25, -0.2) is 4.79 Å². The molecule has 0 radical (unpaired) electrons. The van der Waals surface area contributed by atoms with Crippen LogP contribution in [0, 0.1) is 17.8 Å². The van der Waals surface area contributed by atoms with Crippen LogP contribution in [-0.4, -0.2) is 35.4 Å². The van der Waals surface area contributed by atoms with Crippen molar-refractivity contribution < 1.29 is 24.5 Å². The Morgan fingerprint density at radius 3 is 2.62 bits per heavy atom. The first-order valence-corrected chi connectivity index (χ1v) is 7.23. The molecule has 0 aliphatic heterocycles. The van der Waals surface area contributed by atoms with Crippen LogP contribution in [0.5, 0.6) is 0 Å². The smallest absolute Gasteiger partial charge is 0.333 e. The summed E-state index contributed by atoms with van der Waals surface area (Å²) in [7, 11) is 0. The Labute approximate surface area is 125 Å². The summed E-state index contributed by atoms with van der Waals surface area (Å²) in [5, 5.41) is 18.2. The Balaban J connectivity index is 2.97. The predicted octanol–water partition coefficient (Wildman–Crippen LogP) is 2.16. The fourth-order valence-corrected chi connectivity index (χ4v) is 2.71. The molecule has 5 nitrogen and oxygen atoms in total. The van der Waals surface area contributed by atoms with Gasteiger partial charge in [-0.15, -0.1) is 0 Å². The molecule has 2 atom stereocenters. The topological polar surface area (TPSA) is 83.8 Å². The third-order valence-electron chi connectivity index (χ3n) is 3.88. The number of hydrogen-bond acceptors (Lipinski definition) is 4. The van der Waals surface area contributed by atoms with E-state index in [1.807, 2.05) is 6.08 Å². The van der Waals surface area contributed by atoms with E-state index in [4.69, 9.17) is 14.9 Å². The van der Waals surface area contributed by atoms with Crippen LogP contribution in [0.25, 0.3) is 0 Å². The van der Waals surface area contributed by atoms with Crippen molar-refractivity contribution in [3.63, 3.8) is 0 Å². The van der Waals surface area contributed by atoms with Gasteiger partial charge in [0, 0.05) is 6.92 Å². The molecule has 0 bridgehead atoms. The number of aliphatic hydroxyl groups is 1. The van der Waals surface area contributed by atoms with Crippen molar-refractivity contribution in [1.29, 1.82) is 0 Å². The highest BCUT2D eigenvalue weighted by molar-refractivity contribution is 5.86. The number of aliphatic carboxylic acids is 1. The van der Waals surface area contributed by atoms with Crippen LogP contribution in [-0.2, 0) is 14.3 Å². The lowest BCUT2D eigenvalue weighted by molar-refractivity contribution is -0.140. The molecule has 0 saturated heterocycles. The maximum Gasteiger partial charge on any atom is 0.333 e. The van der Waals surface area contributed by atoms with Crippen LogP contribution < -0.4 is 0 Å². The Morgan fingerprint density at radius 1 is 1.48 bits per heavy atom. The number of hydrogen-bond donors (Lipinski definition) is 2. The fourth-order valence-electron chi connectivity index (χ4n) is 2.71. The number of rotatable bonds is 6. The minimum Gasteiger partial charge on any atom is -0.478 e. The molecule has 5 heteroatoms. The van der Waals surface area contributed by atoms with Crippen molar-refractivity contribution in [3.05, 3.63) is 23.3 Å². The zero-order chi connectivity index (χ0) is 16.0. The van der Waals surface area contributed by atoms with Gasteiger partial charge in [0.15, 0.2) is 0 Å². The van der Waals surface area contributed by atoms with Gasteiger partial charge in [-0.2, -0.15) is 0 Å². The third-order valence-corrected chi connectivity index (χ3v) is 3.88. The molecule has 21 heavy (non-hydrogen) atoms. The summed E-state index contributed by atoms with van der Waals surface area (Å²) in [4.78, 5) is 21.9. The van der Waals surface area contributed by atoms with E-state index in [1.54, 1.807) is 6.08 Å². The quantitative estimate of drug-likeness (QED) is 0.446. The summed E-state index contributed by atoms with van der Waals surface area (Å²) in [6.45, 7) is 5.35. The highest BCUT2D eigenvalue weighted by Gasteiger charge is 2.27. The molecule has 0 aromatic carbocycles. The van der Waals surface area contributed by atoms with Gasteiger partial charge in [-0.05, 0) is 36.2 Å².